The van der Waals surface area contributed by atoms with Gasteiger partial charge in [-0.25, -0.2) is 0 Å². The van der Waals surface area contributed by atoms with Gasteiger partial charge in [-0.3, -0.25) is 14.4 Å². The first kappa shape index (κ1) is 57.4. The van der Waals surface area contributed by atoms with Crippen LogP contribution in [0.3, 0.4) is 0 Å². The van der Waals surface area contributed by atoms with Crippen LogP contribution in [-0.2, 0) is 28.6 Å². The van der Waals surface area contributed by atoms with Crippen LogP contribution >= 0.6 is 0 Å². The number of carbonyl (C=O) groups is 3. The van der Waals surface area contributed by atoms with E-state index >= 15 is 0 Å². The molecule has 0 saturated heterocycles. The molecule has 0 fully saturated rings. The van der Waals surface area contributed by atoms with Crippen molar-refractivity contribution in [1.29, 1.82) is 0 Å². The van der Waals surface area contributed by atoms with Crippen LogP contribution in [0.5, 0.6) is 0 Å². The van der Waals surface area contributed by atoms with Gasteiger partial charge in [0.25, 0.3) is 0 Å². The van der Waals surface area contributed by atoms with E-state index in [2.05, 4.69) is 69.4 Å². The topological polar surface area (TPSA) is 78.9 Å². The molecule has 6 heteroatoms. The average Bonchev–Trinajstić information content (AvgIpc) is 3.24. The standard InChI is InChI=1S/C54H96O6/c1-4-7-10-13-16-19-22-25-27-29-32-35-38-41-44-47-53(56)59-50-51(49-58-52(55)46-43-40-37-34-31-24-21-18-15-12-9-6-3)60-54(57)48-45-42-39-36-33-30-28-26-23-20-17-14-11-8-5-2/h7,10,16,19,25-28,51H,4-6,8-9,11-15,17-18,20-24,29-50H2,1-3H3/b10-7-,19-16-,27-25-,28-26-. The van der Waals surface area contributed by atoms with Gasteiger partial charge in [-0.15, -0.1) is 0 Å². The molecule has 6 nitrogen and oxygen atoms in total. The maximum atomic E-state index is 12.8. The normalized spacial score (nSPS) is 12.4. The summed E-state index contributed by atoms with van der Waals surface area (Å²) in [5.74, 6) is -0.899. The van der Waals surface area contributed by atoms with Crippen molar-refractivity contribution in [2.75, 3.05) is 13.2 Å². The van der Waals surface area contributed by atoms with E-state index in [0.717, 1.165) is 109 Å². The summed E-state index contributed by atoms with van der Waals surface area (Å²) < 4.78 is 16.8. The largest absolute Gasteiger partial charge is 0.462 e. The maximum Gasteiger partial charge on any atom is 0.306 e. The van der Waals surface area contributed by atoms with Crippen LogP contribution in [0.4, 0.5) is 0 Å². The molecular formula is C54H96O6. The van der Waals surface area contributed by atoms with Gasteiger partial charge < -0.3 is 14.2 Å². The van der Waals surface area contributed by atoms with Gasteiger partial charge in [0.1, 0.15) is 13.2 Å². The van der Waals surface area contributed by atoms with E-state index in [9.17, 15) is 14.4 Å². The zero-order chi connectivity index (χ0) is 43.7. The van der Waals surface area contributed by atoms with Crippen LogP contribution in [0.2, 0.25) is 0 Å². The monoisotopic (exact) mass is 841 g/mol. The molecule has 0 saturated carbocycles. The molecule has 1 atom stereocenters. The van der Waals surface area contributed by atoms with Crippen molar-refractivity contribution in [3.8, 4) is 0 Å². The molecule has 348 valence electrons. The molecule has 0 aliphatic carbocycles. The predicted octanol–water partition coefficient (Wildman–Crippen LogP) is 16.7. The summed E-state index contributed by atoms with van der Waals surface area (Å²) in [4.78, 5) is 37.9. The summed E-state index contributed by atoms with van der Waals surface area (Å²) in [6, 6.07) is 0. The number of allylic oxidation sites excluding steroid dienone is 8. The Morgan fingerprint density at radius 2 is 0.650 bits per heavy atom. The summed E-state index contributed by atoms with van der Waals surface area (Å²) >= 11 is 0. The number of hydrogen-bond acceptors (Lipinski definition) is 6. The number of hydrogen-bond donors (Lipinski definition) is 0. The number of unbranched alkanes of at least 4 members (excludes halogenated alkanes) is 27. The van der Waals surface area contributed by atoms with Crippen molar-refractivity contribution in [2.45, 2.75) is 264 Å². The summed E-state index contributed by atoms with van der Waals surface area (Å²) in [7, 11) is 0. The fraction of sp³-hybridized carbons (Fsp3) is 0.796. The van der Waals surface area contributed by atoms with Crippen LogP contribution in [0, 0.1) is 0 Å². The van der Waals surface area contributed by atoms with E-state index < -0.39 is 6.10 Å². The van der Waals surface area contributed by atoms with Gasteiger partial charge in [0.15, 0.2) is 6.10 Å². The zero-order valence-electron chi connectivity index (χ0n) is 39.7. The first-order valence-corrected chi connectivity index (χ1v) is 25.6. The van der Waals surface area contributed by atoms with E-state index in [1.54, 1.807) is 0 Å². The Hall–Kier alpha value is -2.63. The van der Waals surface area contributed by atoms with Crippen molar-refractivity contribution in [3.05, 3.63) is 48.6 Å². The fourth-order valence-corrected chi connectivity index (χ4v) is 7.22. The highest BCUT2D eigenvalue weighted by Gasteiger charge is 2.19. The lowest BCUT2D eigenvalue weighted by Crippen LogP contribution is -2.30. The minimum atomic E-state index is -0.781. The Balaban J connectivity index is 4.40. The highest BCUT2D eigenvalue weighted by molar-refractivity contribution is 5.71. The third-order valence-electron chi connectivity index (χ3n) is 11.1. The quantitative estimate of drug-likeness (QED) is 0.0263. The van der Waals surface area contributed by atoms with Crippen LogP contribution < -0.4 is 0 Å². The molecule has 0 aliphatic rings. The van der Waals surface area contributed by atoms with Crippen molar-refractivity contribution in [1.82, 2.24) is 0 Å². The fourth-order valence-electron chi connectivity index (χ4n) is 7.22. The van der Waals surface area contributed by atoms with Gasteiger partial charge in [-0.1, -0.05) is 211 Å². The first-order chi connectivity index (χ1) is 29.5. The molecule has 0 aromatic rings. The van der Waals surface area contributed by atoms with Crippen molar-refractivity contribution < 1.29 is 28.6 Å². The van der Waals surface area contributed by atoms with Crippen molar-refractivity contribution >= 4 is 17.9 Å². The maximum absolute atomic E-state index is 12.8. The van der Waals surface area contributed by atoms with E-state index in [1.807, 2.05) is 0 Å². The molecule has 0 aromatic carbocycles. The SMILES string of the molecule is CC/C=C\C/C=C\C/C=C\CCCCCCCC(=O)OCC(COC(=O)CCCCCCCCCCCCCC)OC(=O)CCCCCCC/C=C\CCCCCCCC. The molecule has 0 rings (SSSR count). The Labute approximate surface area is 371 Å². The molecule has 0 heterocycles. The second-order valence-corrected chi connectivity index (χ2v) is 17.1. The minimum Gasteiger partial charge on any atom is -0.462 e. The van der Waals surface area contributed by atoms with E-state index in [-0.39, 0.29) is 31.1 Å². The molecule has 60 heavy (non-hydrogen) atoms. The average molecular weight is 841 g/mol. The van der Waals surface area contributed by atoms with Crippen molar-refractivity contribution in [3.63, 3.8) is 0 Å². The summed E-state index contributed by atoms with van der Waals surface area (Å²) in [5, 5.41) is 0. The molecule has 1 unspecified atom stereocenters. The van der Waals surface area contributed by atoms with E-state index in [0.29, 0.717) is 19.3 Å². The van der Waals surface area contributed by atoms with Gasteiger partial charge in [0, 0.05) is 19.3 Å². The second kappa shape index (κ2) is 49.0. The molecule has 0 aromatic heterocycles. The van der Waals surface area contributed by atoms with Gasteiger partial charge >= 0.3 is 17.9 Å². The molecular weight excluding hydrogens is 745 g/mol. The van der Waals surface area contributed by atoms with Gasteiger partial charge in [0.2, 0.25) is 0 Å². The Morgan fingerprint density at radius 3 is 1.03 bits per heavy atom. The number of carbonyl (C=O) groups excluding carboxylic acids is 3. The lowest BCUT2D eigenvalue weighted by atomic mass is 10.0. The second-order valence-electron chi connectivity index (χ2n) is 17.1. The highest BCUT2D eigenvalue weighted by atomic mass is 16.6. The molecule has 0 bridgehead atoms. The highest BCUT2D eigenvalue weighted by Crippen LogP contribution is 2.15. The third kappa shape index (κ3) is 46.4. The minimum absolute atomic E-state index is 0.0798. The lowest BCUT2D eigenvalue weighted by Gasteiger charge is -2.18. The van der Waals surface area contributed by atoms with Crippen LogP contribution in [-0.4, -0.2) is 37.2 Å². The summed E-state index contributed by atoms with van der Waals surface area (Å²) in [5.41, 5.74) is 0. The number of rotatable bonds is 46. The van der Waals surface area contributed by atoms with Crippen LogP contribution in [0.1, 0.15) is 258 Å². The number of esters is 3. The van der Waals surface area contributed by atoms with Gasteiger partial charge in [-0.05, 0) is 77.0 Å². The van der Waals surface area contributed by atoms with E-state index in [1.165, 1.54) is 109 Å². The lowest BCUT2D eigenvalue weighted by molar-refractivity contribution is -0.167. The van der Waals surface area contributed by atoms with Crippen LogP contribution in [0.15, 0.2) is 48.6 Å². The molecule has 0 N–H and O–H groups in total. The Kier molecular flexibility index (Phi) is 46.9. The van der Waals surface area contributed by atoms with Crippen molar-refractivity contribution in [2.24, 2.45) is 0 Å². The van der Waals surface area contributed by atoms with Gasteiger partial charge in [-0.2, -0.15) is 0 Å². The molecule has 0 radical (unpaired) electrons. The molecule has 0 spiro atoms. The predicted molar refractivity (Wildman–Crippen MR) is 256 cm³/mol. The molecule has 0 amide bonds. The zero-order valence-corrected chi connectivity index (χ0v) is 39.7. The smallest absolute Gasteiger partial charge is 0.306 e. The van der Waals surface area contributed by atoms with Crippen LogP contribution in [0.25, 0.3) is 0 Å². The number of ether oxygens (including phenoxy) is 3. The third-order valence-corrected chi connectivity index (χ3v) is 11.1. The molecule has 0 aliphatic heterocycles. The Bertz CT molecular complexity index is 1060. The van der Waals surface area contributed by atoms with Gasteiger partial charge in [0.05, 0.1) is 0 Å². The summed E-state index contributed by atoms with van der Waals surface area (Å²) in [6.07, 6.45) is 58.0. The Morgan fingerprint density at radius 1 is 0.350 bits per heavy atom. The van der Waals surface area contributed by atoms with E-state index in [4.69, 9.17) is 14.2 Å². The first-order valence-electron chi connectivity index (χ1n) is 25.6. The summed E-state index contributed by atoms with van der Waals surface area (Å²) in [6.45, 7) is 6.51.